The van der Waals surface area contributed by atoms with Crippen molar-refractivity contribution in [1.82, 2.24) is 10.2 Å². The lowest BCUT2D eigenvalue weighted by Crippen LogP contribution is -2.48. The highest BCUT2D eigenvalue weighted by Gasteiger charge is 2.26. The van der Waals surface area contributed by atoms with E-state index in [2.05, 4.69) is 31.3 Å². The summed E-state index contributed by atoms with van der Waals surface area (Å²) in [5.74, 6) is 0.889. The first-order valence-corrected chi connectivity index (χ1v) is 11.7. The third-order valence-electron chi connectivity index (χ3n) is 5.84. The van der Waals surface area contributed by atoms with Gasteiger partial charge in [-0.05, 0) is 68.5 Å². The van der Waals surface area contributed by atoms with Crippen molar-refractivity contribution in [3.8, 4) is 5.75 Å². The van der Waals surface area contributed by atoms with Crippen molar-refractivity contribution in [1.29, 1.82) is 0 Å². The summed E-state index contributed by atoms with van der Waals surface area (Å²) in [6.07, 6.45) is -0.545. The van der Waals surface area contributed by atoms with Crippen LogP contribution >= 0.6 is 0 Å². The van der Waals surface area contributed by atoms with Crippen molar-refractivity contribution < 1.29 is 19.1 Å². The van der Waals surface area contributed by atoms with Crippen molar-refractivity contribution in [3.63, 3.8) is 0 Å². The Hall–Kier alpha value is -2.86. The van der Waals surface area contributed by atoms with E-state index < -0.39 is 6.10 Å². The second-order valence-corrected chi connectivity index (χ2v) is 9.34. The summed E-state index contributed by atoms with van der Waals surface area (Å²) < 4.78 is 11.7. The second-order valence-electron chi connectivity index (χ2n) is 9.34. The fourth-order valence-electron chi connectivity index (χ4n) is 4.09. The predicted octanol–water partition coefficient (Wildman–Crippen LogP) is 4.45. The van der Waals surface area contributed by atoms with Gasteiger partial charge in [0.25, 0.3) is 11.8 Å². The summed E-state index contributed by atoms with van der Waals surface area (Å²) in [5.41, 5.74) is 3.75. The molecule has 6 nitrogen and oxygen atoms in total. The van der Waals surface area contributed by atoms with Gasteiger partial charge in [-0.1, -0.05) is 38.1 Å². The normalized spacial score (nSPS) is 19.3. The maximum Gasteiger partial charge on any atom is 0.261 e. The molecule has 178 valence electrons. The molecule has 3 atom stereocenters. The molecule has 1 aliphatic rings. The third-order valence-corrected chi connectivity index (χ3v) is 5.84. The highest BCUT2D eigenvalue weighted by atomic mass is 16.5. The molecule has 2 aromatic rings. The minimum Gasteiger partial charge on any atom is -0.481 e. The number of nitrogens with one attached hydrogen (secondary N) is 1. The Morgan fingerprint density at radius 2 is 1.70 bits per heavy atom. The fourth-order valence-corrected chi connectivity index (χ4v) is 4.09. The van der Waals surface area contributed by atoms with E-state index in [1.54, 1.807) is 6.92 Å². The molecule has 0 saturated carbocycles. The van der Waals surface area contributed by atoms with Gasteiger partial charge in [-0.15, -0.1) is 0 Å². The zero-order valence-electron chi connectivity index (χ0n) is 20.6. The van der Waals surface area contributed by atoms with Gasteiger partial charge in [0.05, 0.1) is 12.2 Å². The van der Waals surface area contributed by atoms with Crippen LogP contribution in [0.25, 0.3) is 0 Å². The first-order chi connectivity index (χ1) is 15.6. The largest absolute Gasteiger partial charge is 0.481 e. The molecule has 33 heavy (non-hydrogen) atoms. The summed E-state index contributed by atoms with van der Waals surface area (Å²) in [7, 11) is 0. The molecule has 0 aliphatic carbocycles. The average Bonchev–Trinajstić information content (AvgIpc) is 2.76. The summed E-state index contributed by atoms with van der Waals surface area (Å²) in [5, 5.41) is 2.93. The van der Waals surface area contributed by atoms with Gasteiger partial charge in [0.1, 0.15) is 5.75 Å². The molecular weight excluding hydrogens is 416 g/mol. The first kappa shape index (κ1) is 24.8. The lowest BCUT2D eigenvalue weighted by molar-refractivity contribution is -0.127. The third kappa shape index (κ3) is 6.57. The number of hydrogen-bond donors (Lipinski definition) is 1. The number of ether oxygens (including phenoxy) is 2. The molecule has 6 heteroatoms. The molecule has 1 fully saturated rings. The van der Waals surface area contributed by atoms with Crippen molar-refractivity contribution in [3.05, 3.63) is 64.7 Å². The van der Waals surface area contributed by atoms with Gasteiger partial charge < -0.3 is 19.7 Å². The molecule has 1 saturated heterocycles. The number of hydrogen-bond acceptors (Lipinski definition) is 4. The summed E-state index contributed by atoms with van der Waals surface area (Å²) >= 11 is 0. The van der Waals surface area contributed by atoms with Crippen molar-refractivity contribution in [2.24, 2.45) is 0 Å². The number of benzene rings is 2. The number of amides is 2. The Kier molecular flexibility index (Phi) is 8.14. The highest BCUT2D eigenvalue weighted by Crippen LogP contribution is 2.28. The van der Waals surface area contributed by atoms with Crippen LogP contribution in [0.1, 0.15) is 67.6 Å². The van der Waals surface area contributed by atoms with E-state index in [-0.39, 0.29) is 24.0 Å². The number of morpholine rings is 1. The minimum atomic E-state index is -0.615. The SMILES string of the molecule is Cc1ccc(C(C)C)c(OC(C)C(=O)NCc2ccc(C(=O)N3CC(C)OC(C)C3)cc2)c1. The van der Waals surface area contributed by atoms with Crippen LogP contribution in [0.4, 0.5) is 0 Å². The van der Waals surface area contributed by atoms with Gasteiger partial charge in [-0.2, -0.15) is 0 Å². The van der Waals surface area contributed by atoms with Crippen LogP contribution < -0.4 is 10.1 Å². The molecule has 3 unspecified atom stereocenters. The monoisotopic (exact) mass is 452 g/mol. The molecule has 0 bridgehead atoms. The fraction of sp³-hybridized carbons (Fsp3) is 0.481. The Balaban J connectivity index is 1.55. The topological polar surface area (TPSA) is 67.9 Å². The molecule has 0 radical (unpaired) electrons. The van der Waals surface area contributed by atoms with E-state index in [1.807, 2.05) is 56.0 Å². The quantitative estimate of drug-likeness (QED) is 0.674. The molecule has 1 heterocycles. The van der Waals surface area contributed by atoms with Crippen LogP contribution in [0.5, 0.6) is 5.75 Å². The maximum absolute atomic E-state index is 12.8. The van der Waals surface area contributed by atoms with Crippen molar-refractivity contribution >= 4 is 11.8 Å². The lowest BCUT2D eigenvalue weighted by Gasteiger charge is -2.35. The molecular formula is C27H36N2O4. The highest BCUT2D eigenvalue weighted by molar-refractivity contribution is 5.94. The van der Waals surface area contributed by atoms with Gasteiger partial charge in [0, 0.05) is 25.2 Å². The Morgan fingerprint density at radius 3 is 2.30 bits per heavy atom. The summed E-state index contributed by atoms with van der Waals surface area (Å²) in [6, 6.07) is 13.5. The second kappa shape index (κ2) is 10.8. The number of carbonyl (C=O) groups excluding carboxylic acids is 2. The Labute approximate surface area is 197 Å². The van der Waals surface area contributed by atoms with Crippen molar-refractivity contribution in [2.45, 2.75) is 72.3 Å². The molecule has 0 aromatic heterocycles. The van der Waals surface area contributed by atoms with Crippen molar-refractivity contribution in [2.75, 3.05) is 13.1 Å². The van der Waals surface area contributed by atoms with Crippen LogP contribution in [0.2, 0.25) is 0 Å². The Morgan fingerprint density at radius 1 is 1.06 bits per heavy atom. The summed E-state index contributed by atoms with van der Waals surface area (Å²) in [4.78, 5) is 27.3. The number of nitrogens with zero attached hydrogens (tertiary/aromatic N) is 1. The summed E-state index contributed by atoms with van der Waals surface area (Å²) in [6.45, 7) is 13.5. The molecule has 3 rings (SSSR count). The van der Waals surface area contributed by atoms with E-state index in [4.69, 9.17) is 9.47 Å². The van der Waals surface area contributed by atoms with Gasteiger partial charge in [0.2, 0.25) is 0 Å². The van der Waals surface area contributed by atoms with Gasteiger partial charge in [0.15, 0.2) is 6.10 Å². The average molecular weight is 453 g/mol. The molecule has 1 N–H and O–H groups in total. The molecule has 1 aliphatic heterocycles. The zero-order chi connectivity index (χ0) is 24.1. The Bertz CT molecular complexity index is 961. The minimum absolute atomic E-state index is 0.00807. The zero-order valence-corrected chi connectivity index (χ0v) is 20.6. The van der Waals surface area contributed by atoms with Crippen LogP contribution in [-0.2, 0) is 16.1 Å². The van der Waals surface area contributed by atoms with Crippen LogP contribution in [0, 0.1) is 6.92 Å². The van der Waals surface area contributed by atoms with Gasteiger partial charge in [-0.25, -0.2) is 0 Å². The van der Waals surface area contributed by atoms with E-state index in [9.17, 15) is 9.59 Å². The number of rotatable bonds is 7. The van der Waals surface area contributed by atoms with Crippen LogP contribution in [-0.4, -0.2) is 48.1 Å². The van der Waals surface area contributed by atoms with E-state index in [0.29, 0.717) is 31.1 Å². The maximum atomic E-state index is 12.8. The van der Waals surface area contributed by atoms with E-state index in [0.717, 1.165) is 22.4 Å². The van der Waals surface area contributed by atoms with Gasteiger partial charge in [-0.3, -0.25) is 9.59 Å². The van der Waals surface area contributed by atoms with Crippen LogP contribution in [0.15, 0.2) is 42.5 Å². The number of carbonyl (C=O) groups is 2. The first-order valence-electron chi connectivity index (χ1n) is 11.7. The molecule has 0 spiro atoms. The smallest absolute Gasteiger partial charge is 0.261 e. The lowest BCUT2D eigenvalue weighted by atomic mass is 10.0. The molecule has 2 amide bonds. The number of aryl methyl sites for hydroxylation is 1. The van der Waals surface area contributed by atoms with Crippen LogP contribution in [0.3, 0.4) is 0 Å². The molecule has 2 aromatic carbocycles. The van der Waals surface area contributed by atoms with E-state index in [1.165, 1.54) is 0 Å². The predicted molar refractivity (Wildman–Crippen MR) is 130 cm³/mol. The van der Waals surface area contributed by atoms with Gasteiger partial charge >= 0.3 is 0 Å². The standard InChI is InChI=1S/C27H36N2O4/c1-17(2)24-12-7-18(3)13-25(24)33-21(6)26(30)28-14-22-8-10-23(11-9-22)27(31)29-15-19(4)32-20(5)16-29/h7-13,17,19-21H,14-16H2,1-6H3,(H,28,30). The van der Waals surface area contributed by atoms with E-state index >= 15 is 0 Å².